The summed E-state index contributed by atoms with van der Waals surface area (Å²) in [7, 11) is 1.61. The number of hydrogen-bond acceptors (Lipinski definition) is 6. The van der Waals surface area contributed by atoms with Crippen molar-refractivity contribution in [2.24, 2.45) is 0 Å². The van der Waals surface area contributed by atoms with Crippen molar-refractivity contribution in [3.8, 4) is 6.01 Å². The third kappa shape index (κ3) is 5.12. The first-order valence-corrected chi connectivity index (χ1v) is 12.0. The number of benzene rings is 2. The number of halogens is 3. The minimum absolute atomic E-state index is 0.0225. The molecule has 1 atom stereocenters. The molecule has 2 aliphatic heterocycles. The number of anilines is 3. The minimum atomic E-state index is -4.56. The van der Waals surface area contributed by atoms with Gasteiger partial charge < -0.3 is 15.4 Å². The van der Waals surface area contributed by atoms with Crippen LogP contribution in [0, 0.1) is 6.92 Å². The van der Waals surface area contributed by atoms with E-state index in [1.165, 1.54) is 21.9 Å². The lowest BCUT2D eigenvalue weighted by Gasteiger charge is -2.35. The zero-order valence-electron chi connectivity index (χ0n) is 20.7. The van der Waals surface area contributed by atoms with Gasteiger partial charge in [0.05, 0.1) is 17.8 Å². The van der Waals surface area contributed by atoms with E-state index in [0.29, 0.717) is 29.3 Å². The van der Waals surface area contributed by atoms with Gasteiger partial charge in [-0.05, 0) is 55.8 Å². The first kappa shape index (κ1) is 25.5. The number of fused-ring (bicyclic) bond motifs is 1. The van der Waals surface area contributed by atoms with Crippen LogP contribution in [0.5, 0.6) is 6.01 Å². The van der Waals surface area contributed by atoms with Crippen molar-refractivity contribution in [1.82, 2.24) is 15.3 Å². The Labute approximate surface area is 216 Å². The molecule has 3 aromatic rings. The van der Waals surface area contributed by atoms with E-state index in [-0.39, 0.29) is 30.3 Å². The molecule has 0 aliphatic carbocycles. The molecule has 198 valence electrons. The van der Waals surface area contributed by atoms with Crippen LogP contribution in [0.15, 0.2) is 48.7 Å². The maximum Gasteiger partial charge on any atom is 0.416 e. The fourth-order valence-corrected chi connectivity index (χ4v) is 4.43. The summed E-state index contributed by atoms with van der Waals surface area (Å²) < 4.78 is 45.0. The monoisotopic (exact) mass is 526 g/mol. The number of rotatable bonds is 5. The first-order chi connectivity index (χ1) is 18.1. The van der Waals surface area contributed by atoms with E-state index in [9.17, 15) is 22.8 Å². The molecule has 0 unspecified atom stereocenters. The molecule has 3 heterocycles. The van der Waals surface area contributed by atoms with E-state index in [4.69, 9.17) is 4.74 Å². The van der Waals surface area contributed by atoms with Crippen LogP contribution >= 0.6 is 0 Å². The second-order valence-electron chi connectivity index (χ2n) is 9.20. The minimum Gasteiger partial charge on any atom is -0.459 e. The first-order valence-electron chi connectivity index (χ1n) is 12.0. The summed E-state index contributed by atoms with van der Waals surface area (Å²) in [5.74, 6) is -0.245. The Kier molecular flexibility index (Phi) is 6.66. The Morgan fingerprint density at radius 3 is 2.76 bits per heavy atom. The fraction of sp³-hybridized carbons (Fsp3) is 0.308. The molecule has 2 aliphatic rings. The van der Waals surface area contributed by atoms with Crippen LogP contribution in [0.3, 0.4) is 0 Å². The zero-order valence-corrected chi connectivity index (χ0v) is 20.7. The van der Waals surface area contributed by atoms with Crippen LogP contribution in [-0.4, -0.2) is 48.1 Å². The molecule has 2 N–H and O–H groups in total. The summed E-state index contributed by atoms with van der Waals surface area (Å²) in [5, 5.41) is 5.84. The van der Waals surface area contributed by atoms with Gasteiger partial charge in [-0.25, -0.2) is 9.78 Å². The molecular formula is C26H25F3N6O3. The highest BCUT2D eigenvalue weighted by molar-refractivity contribution is 6.07. The Morgan fingerprint density at radius 1 is 1.21 bits per heavy atom. The normalized spacial score (nSPS) is 17.4. The summed E-state index contributed by atoms with van der Waals surface area (Å²) in [4.78, 5) is 37.7. The standard InChI is InChI=1S/C26H25F3N6O3/c1-15-6-7-19(32-23(36)16-4-3-5-18(10-16)26(27,28)29)11-21(15)35-14-17-12-31-24(38-20-8-9-30-13-20)33-22(17)34(2)25(35)37/h3-7,10-12,20,30H,8-9,13-14H2,1-2H3,(H,32,36)/t20-/m0/s1. The molecule has 0 saturated carbocycles. The number of nitrogens with zero attached hydrogens (tertiary/aromatic N) is 4. The van der Waals surface area contributed by atoms with Gasteiger partial charge in [0.2, 0.25) is 0 Å². The lowest BCUT2D eigenvalue weighted by Crippen LogP contribution is -2.46. The maximum absolute atomic E-state index is 13.3. The van der Waals surface area contributed by atoms with Crippen LogP contribution in [0.1, 0.15) is 33.5 Å². The van der Waals surface area contributed by atoms with Crippen molar-refractivity contribution >= 4 is 29.1 Å². The van der Waals surface area contributed by atoms with Crippen LogP contribution in [0.2, 0.25) is 0 Å². The average Bonchev–Trinajstić information content (AvgIpc) is 3.40. The molecule has 1 aromatic heterocycles. The van der Waals surface area contributed by atoms with Gasteiger partial charge in [0, 0.05) is 36.6 Å². The van der Waals surface area contributed by atoms with Crippen LogP contribution < -0.4 is 25.2 Å². The summed E-state index contributed by atoms with van der Waals surface area (Å²) in [6, 6.07) is 9.03. The number of aryl methyl sites for hydroxylation is 1. The summed E-state index contributed by atoms with van der Waals surface area (Å²) in [5.41, 5.74) is 1.30. The van der Waals surface area contributed by atoms with Crippen molar-refractivity contribution in [2.45, 2.75) is 32.2 Å². The number of hydrogen-bond donors (Lipinski definition) is 2. The van der Waals surface area contributed by atoms with E-state index in [1.807, 2.05) is 6.92 Å². The van der Waals surface area contributed by atoms with Gasteiger partial charge in [0.1, 0.15) is 11.9 Å². The van der Waals surface area contributed by atoms with Gasteiger partial charge in [-0.1, -0.05) is 12.1 Å². The van der Waals surface area contributed by atoms with E-state index in [1.54, 1.807) is 31.4 Å². The predicted molar refractivity (Wildman–Crippen MR) is 134 cm³/mol. The van der Waals surface area contributed by atoms with Crippen molar-refractivity contribution < 1.29 is 27.5 Å². The van der Waals surface area contributed by atoms with Gasteiger partial charge in [-0.2, -0.15) is 18.2 Å². The van der Waals surface area contributed by atoms with Crippen LogP contribution in [0.25, 0.3) is 0 Å². The Bertz CT molecular complexity index is 1390. The number of carbonyl (C=O) groups is 2. The van der Waals surface area contributed by atoms with Crippen molar-refractivity contribution in [1.29, 1.82) is 0 Å². The molecule has 38 heavy (non-hydrogen) atoms. The van der Waals surface area contributed by atoms with Gasteiger partial charge in [0.15, 0.2) is 0 Å². The Balaban J connectivity index is 1.37. The highest BCUT2D eigenvalue weighted by Crippen LogP contribution is 2.34. The van der Waals surface area contributed by atoms with Crippen molar-refractivity contribution in [3.05, 3.63) is 70.9 Å². The number of amides is 3. The maximum atomic E-state index is 13.3. The third-order valence-electron chi connectivity index (χ3n) is 6.48. The highest BCUT2D eigenvalue weighted by Gasteiger charge is 2.33. The van der Waals surface area contributed by atoms with Crippen molar-refractivity contribution in [3.63, 3.8) is 0 Å². The SMILES string of the molecule is Cc1ccc(NC(=O)c2cccc(C(F)(F)F)c2)cc1N1Cc2cnc(O[C@H]3CCNC3)nc2N(C)C1=O. The molecule has 1 saturated heterocycles. The Hall–Kier alpha value is -4.19. The second kappa shape index (κ2) is 9.93. The van der Waals surface area contributed by atoms with Crippen LogP contribution in [-0.2, 0) is 12.7 Å². The van der Waals surface area contributed by atoms with E-state index in [0.717, 1.165) is 30.7 Å². The third-order valence-corrected chi connectivity index (χ3v) is 6.48. The summed E-state index contributed by atoms with van der Waals surface area (Å²) in [6.45, 7) is 3.58. The number of nitrogens with one attached hydrogen (secondary N) is 2. The fourth-order valence-electron chi connectivity index (χ4n) is 4.43. The smallest absolute Gasteiger partial charge is 0.416 e. The molecule has 1 fully saturated rings. The number of urea groups is 1. The molecule has 12 heteroatoms. The number of ether oxygens (including phenoxy) is 1. The lowest BCUT2D eigenvalue weighted by molar-refractivity contribution is -0.137. The highest BCUT2D eigenvalue weighted by atomic mass is 19.4. The molecular weight excluding hydrogens is 501 g/mol. The average molecular weight is 527 g/mol. The molecule has 0 radical (unpaired) electrons. The predicted octanol–water partition coefficient (Wildman–Crippen LogP) is 4.37. The topological polar surface area (TPSA) is 99.7 Å². The molecule has 9 nitrogen and oxygen atoms in total. The Morgan fingerprint density at radius 2 is 2.03 bits per heavy atom. The van der Waals surface area contributed by atoms with E-state index in [2.05, 4.69) is 20.6 Å². The quantitative estimate of drug-likeness (QED) is 0.512. The zero-order chi connectivity index (χ0) is 27.0. The molecule has 3 amide bonds. The second-order valence-corrected chi connectivity index (χ2v) is 9.20. The number of carbonyl (C=O) groups excluding carboxylic acids is 2. The van der Waals surface area contributed by atoms with Gasteiger partial charge >= 0.3 is 18.2 Å². The van der Waals surface area contributed by atoms with Crippen molar-refractivity contribution in [2.75, 3.05) is 35.3 Å². The summed E-state index contributed by atoms with van der Waals surface area (Å²) >= 11 is 0. The molecule has 0 spiro atoms. The van der Waals surface area contributed by atoms with Gasteiger partial charge in [-0.15, -0.1) is 0 Å². The van der Waals surface area contributed by atoms with Gasteiger partial charge in [-0.3, -0.25) is 14.6 Å². The number of aromatic nitrogens is 2. The molecule has 0 bridgehead atoms. The summed E-state index contributed by atoms with van der Waals surface area (Å²) in [6.07, 6.45) is -2.10. The lowest BCUT2D eigenvalue weighted by atomic mass is 10.1. The van der Waals surface area contributed by atoms with E-state index < -0.39 is 17.6 Å². The van der Waals surface area contributed by atoms with Gasteiger partial charge in [0.25, 0.3) is 5.91 Å². The van der Waals surface area contributed by atoms with E-state index >= 15 is 0 Å². The molecule has 2 aromatic carbocycles. The largest absolute Gasteiger partial charge is 0.459 e. The number of alkyl halides is 3. The van der Waals surface area contributed by atoms with Crippen LogP contribution in [0.4, 0.5) is 35.2 Å². The molecule has 5 rings (SSSR count).